The number of hydrogen-bond donors (Lipinski definition) is 1. The van der Waals surface area contributed by atoms with Crippen molar-refractivity contribution in [2.75, 3.05) is 26.2 Å². The van der Waals surface area contributed by atoms with Crippen molar-refractivity contribution in [2.45, 2.75) is 44.1 Å². The number of nitrogens with zero attached hydrogens (tertiary/aromatic N) is 1. The van der Waals surface area contributed by atoms with E-state index >= 15 is 0 Å². The highest BCUT2D eigenvalue weighted by Gasteiger charge is 2.44. The van der Waals surface area contributed by atoms with Crippen molar-refractivity contribution in [3.8, 4) is 0 Å². The first-order valence-corrected chi connectivity index (χ1v) is 9.01. The Morgan fingerprint density at radius 1 is 0.926 bits per heavy atom. The second kappa shape index (κ2) is 7.58. The minimum atomic E-state index is -5.07. The predicted molar refractivity (Wildman–Crippen MR) is 85.5 cm³/mol. The van der Waals surface area contributed by atoms with Crippen LogP contribution in [-0.4, -0.2) is 31.1 Å². The molecule has 1 aliphatic heterocycles. The number of alkyl halides is 6. The summed E-state index contributed by atoms with van der Waals surface area (Å²) in [6, 6.07) is -0.606. The third kappa shape index (κ3) is 4.39. The molecule has 3 rings (SSSR count). The van der Waals surface area contributed by atoms with E-state index in [0.29, 0.717) is 39.0 Å². The summed E-state index contributed by atoms with van der Waals surface area (Å²) in [6.07, 6.45) is -7.16. The summed E-state index contributed by atoms with van der Waals surface area (Å²) in [6.45, 7) is 1.96. The molecule has 0 radical (unpaired) electrons. The van der Waals surface area contributed by atoms with Gasteiger partial charge in [0.05, 0.1) is 11.1 Å². The van der Waals surface area contributed by atoms with E-state index in [-0.39, 0.29) is 18.1 Å². The number of piperazine rings is 1. The number of benzene rings is 1. The summed E-state index contributed by atoms with van der Waals surface area (Å²) in [5.74, 6) is -1.62. The molecule has 1 atom stereocenters. The molecule has 9 heteroatoms. The van der Waals surface area contributed by atoms with E-state index < -0.39 is 40.9 Å². The van der Waals surface area contributed by atoms with Gasteiger partial charge in [0.2, 0.25) is 0 Å². The van der Waals surface area contributed by atoms with E-state index in [1.807, 2.05) is 0 Å². The van der Waals surface area contributed by atoms with Crippen molar-refractivity contribution in [2.24, 2.45) is 5.92 Å². The third-order valence-corrected chi connectivity index (χ3v) is 5.45. The van der Waals surface area contributed by atoms with Crippen LogP contribution in [0.5, 0.6) is 0 Å². The standard InChI is InChI=1S/C18H21F7N2/c19-14-10-12(17(20,21)22)9-13(18(23,24)25)15(14)16(11-3-1-2-4-11)27-7-5-26-6-8-27/h9-11,16,26H,1-8H2/t16-/m0/s1. The number of nitrogens with one attached hydrogen (secondary N) is 1. The highest BCUT2D eigenvalue weighted by Crippen LogP contribution is 2.47. The lowest BCUT2D eigenvalue weighted by Crippen LogP contribution is -2.47. The monoisotopic (exact) mass is 398 g/mol. The van der Waals surface area contributed by atoms with Gasteiger partial charge >= 0.3 is 12.4 Å². The van der Waals surface area contributed by atoms with E-state index in [1.165, 1.54) is 0 Å². The summed E-state index contributed by atoms with van der Waals surface area (Å²) in [7, 11) is 0. The first-order chi connectivity index (χ1) is 12.6. The SMILES string of the molecule is Fc1cc(C(F)(F)F)cc(C(F)(F)F)c1[C@H](C1CCCC1)N1CCNCC1. The first-order valence-electron chi connectivity index (χ1n) is 9.01. The molecule has 1 aromatic carbocycles. The normalized spacial score (nSPS) is 21.6. The Bertz CT molecular complexity index is 657. The van der Waals surface area contributed by atoms with Crippen LogP contribution in [0, 0.1) is 11.7 Å². The van der Waals surface area contributed by atoms with Crippen molar-refractivity contribution in [3.05, 3.63) is 34.6 Å². The van der Waals surface area contributed by atoms with Gasteiger partial charge in [0.1, 0.15) is 5.82 Å². The molecule has 1 aromatic rings. The van der Waals surface area contributed by atoms with Crippen molar-refractivity contribution < 1.29 is 30.7 Å². The Kier molecular flexibility index (Phi) is 5.72. The average molecular weight is 398 g/mol. The van der Waals surface area contributed by atoms with Gasteiger partial charge in [-0.25, -0.2) is 4.39 Å². The highest BCUT2D eigenvalue weighted by molar-refractivity contribution is 5.39. The summed E-state index contributed by atoms with van der Waals surface area (Å²) >= 11 is 0. The second-order valence-corrected chi connectivity index (χ2v) is 7.19. The zero-order valence-corrected chi connectivity index (χ0v) is 14.6. The summed E-state index contributed by atoms with van der Waals surface area (Å²) in [5.41, 5.74) is -3.75. The minimum Gasteiger partial charge on any atom is -0.314 e. The van der Waals surface area contributed by atoms with Gasteiger partial charge in [0, 0.05) is 37.8 Å². The maximum atomic E-state index is 14.8. The molecule has 0 spiro atoms. The maximum Gasteiger partial charge on any atom is 0.416 e. The fraction of sp³-hybridized carbons (Fsp3) is 0.667. The van der Waals surface area contributed by atoms with Crippen LogP contribution < -0.4 is 5.32 Å². The second-order valence-electron chi connectivity index (χ2n) is 7.19. The molecule has 1 heterocycles. The van der Waals surface area contributed by atoms with Crippen molar-refractivity contribution in [3.63, 3.8) is 0 Å². The van der Waals surface area contributed by atoms with Crippen LogP contribution in [-0.2, 0) is 12.4 Å². The number of hydrogen-bond acceptors (Lipinski definition) is 2. The topological polar surface area (TPSA) is 15.3 Å². The molecule has 2 fully saturated rings. The van der Waals surface area contributed by atoms with Crippen LogP contribution in [0.25, 0.3) is 0 Å². The van der Waals surface area contributed by atoms with Crippen LogP contribution in [0.2, 0.25) is 0 Å². The first kappa shape index (κ1) is 20.4. The summed E-state index contributed by atoms with van der Waals surface area (Å²) in [5, 5.41) is 3.09. The molecule has 0 bridgehead atoms. The molecule has 0 unspecified atom stereocenters. The predicted octanol–water partition coefficient (Wildman–Crippen LogP) is 5.00. The van der Waals surface area contributed by atoms with E-state index in [9.17, 15) is 30.7 Å². The van der Waals surface area contributed by atoms with Crippen LogP contribution >= 0.6 is 0 Å². The average Bonchev–Trinajstić information content (AvgIpc) is 3.09. The number of halogens is 7. The Morgan fingerprint density at radius 2 is 1.52 bits per heavy atom. The van der Waals surface area contributed by atoms with E-state index in [1.54, 1.807) is 4.90 Å². The zero-order chi connectivity index (χ0) is 19.8. The maximum absolute atomic E-state index is 14.8. The van der Waals surface area contributed by atoms with Gasteiger partial charge in [-0.15, -0.1) is 0 Å². The van der Waals surface area contributed by atoms with Gasteiger partial charge in [-0.05, 0) is 30.9 Å². The van der Waals surface area contributed by atoms with Gasteiger partial charge in [0.25, 0.3) is 0 Å². The lowest BCUT2D eigenvalue weighted by molar-refractivity contribution is -0.144. The lowest BCUT2D eigenvalue weighted by atomic mass is 9.85. The van der Waals surface area contributed by atoms with Gasteiger partial charge in [-0.1, -0.05) is 12.8 Å². The van der Waals surface area contributed by atoms with Crippen molar-refractivity contribution >= 4 is 0 Å². The molecule has 1 aliphatic carbocycles. The highest BCUT2D eigenvalue weighted by atomic mass is 19.4. The smallest absolute Gasteiger partial charge is 0.314 e. The molecule has 2 aliphatic rings. The molecule has 152 valence electrons. The van der Waals surface area contributed by atoms with E-state index in [2.05, 4.69) is 5.32 Å². The summed E-state index contributed by atoms with van der Waals surface area (Å²) in [4.78, 5) is 1.79. The van der Waals surface area contributed by atoms with Gasteiger partial charge in [-0.3, -0.25) is 4.90 Å². The molecule has 1 saturated carbocycles. The van der Waals surface area contributed by atoms with Crippen LogP contribution in [0.1, 0.15) is 48.4 Å². The van der Waals surface area contributed by atoms with Crippen molar-refractivity contribution in [1.82, 2.24) is 10.2 Å². The molecular formula is C18H21F7N2. The Morgan fingerprint density at radius 3 is 2.04 bits per heavy atom. The molecule has 2 nitrogen and oxygen atoms in total. The fourth-order valence-electron chi connectivity index (χ4n) is 4.27. The van der Waals surface area contributed by atoms with Gasteiger partial charge in [0.15, 0.2) is 0 Å². The minimum absolute atomic E-state index is 0.0581. The molecule has 0 amide bonds. The molecular weight excluding hydrogens is 377 g/mol. The van der Waals surface area contributed by atoms with Crippen LogP contribution in [0.4, 0.5) is 30.7 Å². The Hall–Kier alpha value is -1.35. The molecule has 27 heavy (non-hydrogen) atoms. The van der Waals surface area contributed by atoms with Crippen LogP contribution in [0.3, 0.4) is 0 Å². The fourth-order valence-corrected chi connectivity index (χ4v) is 4.27. The third-order valence-electron chi connectivity index (χ3n) is 5.45. The van der Waals surface area contributed by atoms with Gasteiger partial charge in [-0.2, -0.15) is 26.3 Å². The Labute approximate surface area is 152 Å². The largest absolute Gasteiger partial charge is 0.416 e. The summed E-state index contributed by atoms with van der Waals surface area (Å²) < 4.78 is 94.6. The zero-order valence-electron chi connectivity index (χ0n) is 14.6. The number of rotatable bonds is 3. The molecule has 0 aromatic heterocycles. The Balaban J connectivity index is 2.15. The van der Waals surface area contributed by atoms with E-state index in [0.717, 1.165) is 12.8 Å². The lowest BCUT2D eigenvalue weighted by Gasteiger charge is -2.40. The van der Waals surface area contributed by atoms with Gasteiger partial charge < -0.3 is 5.32 Å². The molecule has 1 N–H and O–H groups in total. The quantitative estimate of drug-likeness (QED) is 0.721. The van der Waals surface area contributed by atoms with Crippen LogP contribution in [0.15, 0.2) is 12.1 Å². The molecule has 1 saturated heterocycles. The van der Waals surface area contributed by atoms with E-state index in [4.69, 9.17) is 0 Å². The van der Waals surface area contributed by atoms with Crippen molar-refractivity contribution in [1.29, 1.82) is 0 Å².